The van der Waals surface area contributed by atoms with E-state index in [0.717, 1.165) is 0 Å². The summed E-state index contributed by atoms with van der Waals surface area (Å²) in [4.78, 5) is 0. The van der Waals surface area contributed by atoms with Gasteiger partial charge in [-0.3, -0.25) is 0 Å². The molecule has 0 heterocycles. The first kappa shape index (κ1) is 7.14. The molecular weight excluding hydrogens is 182 g/mol. The van der Waals surface area contributed by atoms with Gasteiger partial charge in [-0.2, -0.15) is 0 Å². The second-order valence-corrected chi connectivity index (χ2v) is 8.35. The van der Waals surface area contributed by atoms with Gasteiger partial charge >= 0.3 is 49.6 Å². The molecule has 0 unspecified atom stereocenters. The van der Waals surface area contributed by atoms with Crippen LogP contribution < -0.4 is 0 Å². The van der Waals surface area contributed by atoms with Crippen molar-refractivity contribution in [3.05, 3.63) is 0 Å². The van der Waals surface area contributed by atoms with Gasteiger partial charge in [0.2, 0.25) is 0 Å². The second-order valence-electron chi connectivity index (χ2n) is 0.597. The topological polar surface area (TPSA) is 26.3 Å². The number of hydrogen-bond donors (Lipinski definition) is 0. The summed E-state index contributed by atoms with van der Waals surface area (Å²) < 4.78 is 14.2. The van der Waals surface area contributed by atoms with E-state index in [4.69, 9.17) is 19.7 Å². The molecule has 6 heteroatoms. The molecule has 0 fully saturated rings. The Morgan fingerprint density at radius 1 is 1.67 bits per heavy atom. The van der Waals surface area contributed by atoms with Crippen molar-refractivity contribution in [3.63, 3.8) is 0 Å². The third kappa shape index (κ3) is 5.14. The van der Waals surface area contributed by atoms with Crippen LogP contribution in [0.25, 0.3) is 0 Å². The van der Waals surface area contributed by atoms with Gasteiger partial charge in [0.25, 0.3) is 0 Å². The molecule has 0 aromatic rings. The van der Waals surface area contributed by atoms with Crippen molar-refractivity contribution in [3.8, 4) is 0 Å². The Kier molecular flexibility index (Phi) is 2.92. The average Bonchev–Trinajstić information content (AvgIpc) is 1.35. The van der Waals surface area contributed by atoms with E-state index in [1.807, 2.05) is 0 Å². The molecule has 0 saturated carbocycles. The molecule has 0 aromatic carbocycles. The molecule has 0 bridgehead atoms. The van der Waals surface area contributed by atoms with Gasteiger partial charge in [-0.05, 0) is 0 Å². The summed E-state index contributed by atoms with van der Waals surface area (Å²) >= 11 is -3.65. The fraction of sp³-hybridized carbons (Fsp3) is 0. The van der Waals surface area contributed by atoms with Gasteiger partial charge in [-0.25, -0.2) is 0 Å². The van der Waals surface area contributed by atoms with Gasteiger partial charge < -0.3 is 0 Å². The first-order chi connectivity index (χ1) is 2.56. The van der Waals surface area contributed by atoms with Gasteiger partial charge in [0.15, 0.2) is 0 Å². The van der Waals surface area contributed by atoms with Crippen LogP contribution in [0.15, 0.2) is 0 Å². The maximum atomic E-state index is 9.99. The zero-order chi connectivity index (χ0) is 5.21. The molecule has 0 spiro atoms. The Morgan fingerprint density at radius 2 is 1.83 bits per heavy atom. The Morgan fingerprint density at radius 3 is 1.83 bits per heavy atom. The zero-order valence-electron chi connectivity index (χ0n) is 3.02. The van der Waals surface area contributed by atoms with E-state index in [9.17, 15) is 3.67 Å². The van der Waals surface area contributed by atoms with Crippen molar-refractivity contribution in [2.45, 2.75) is 0 Å². The molecule has 0 rings (SSSR count). The normalized spacial score (nSPS) is 12.3. The monoisotopic (exact) mass is 184 g/mol. The van der Waals surface area contributed by atoms with Crippen molar-refractivity contribution >= 4 is 30.2 Å². The maximum absolute atomic E-state index is 9.99. The predicted molar refractivity (Wildman–Crippen MR) is 23.4 cm³/mol. The van der Waals surface area contributed by atoms with Gasteiger partial charge in [-0.1, -0.05) is 0 Å². The fourth-order valence-corrected chi connectivity index (χ4v) is 0. The van der Waals surface area contributed by atoms with Crippen LogP contribution >= 0.6 is 19.7 Å². The third-order valence-corrected chi connectivity index (χ3v) is 6.04. The van der Waals surface area contributed by atoms with Crippen LogP contribution in [0.5, 0.6) is 0 Å². The van der Waals surface area contributed by atoms with Crippen molar-refractivity contribution < 1.29 is 19.4 Å². The summed E-state index contributed by atoms with van der Waals surface area (Å²) in [6.45, 7) is 0. The predicted octanol–water partition coefficient (Wildman–Crippen LogP) is 0.00540. The minimum absolute atomic E-state index is 0.348. The summed E-state index contributed by atoms with van der Waals surface area (Å²) in [5.41, 5.74) is 0. The van der Waals surface area contributed by atoms with E-state index in [1.54, 1.807) is 0 Å². The van der Waals surface area contributed by atoms with Crippen LogP contribution in [0.2, 0.25) is 0 Å². The Balaban J connectivity index is 3.48. The van der Waals surface area contributed by atoms with E-state index < -0.39 is 12.4 Å². The number of rotatable bonds is 1. The summed E-state index contributed by atoms with van der Waals surface area (Å²) in [6, 6.07) is 0. The van der Waals surface area contributed by atoms with Gasteiger partial charge in [0, 0.05) is 0 Å². The first-order valence-electron chi connectivity index (χ1n) is 1.11. The van der Waals surface area contributed by atoms with E-state index >= 15 is 0 Å². The minimum atomic E-state index is -3.65. The van der Waals surface area contributed by atoms with E-state index in [2.05, 4.69) is 3.35 Å². The Hall–Kier alpha value is 1.14. The summed E-state index contributed by atoms with van der Waals surface area (Å²) in [6.07, 6.45) is 0. The summed E-state index contributed by atoms with van der Waals surface area (Å²) in [7, 11) is 10.2. The van der Waals surface area contributed by atoms with Crippen molar-refractivity contribution in [2.24, 2.45) is 0 Å². The molecular formula is H3Cl2O2SiV. The molecule has 38 valence electrons. The van der Waals surface area contributed by atoms with Crippen LogP contribution in [0.1, 0.15) is 0 Å². The first-order valence-corrected chi connectivity index (χ1v) is 6.91. The zero-order valence-corrected chi connectivity index (χ0v) is 7.93. The number of halogens is 2. The Bertz CT molecular complexity index is 75.6. The van der Waals surface area contributed by atoms with Crippen LogP contribution in [-0.4, -0.2) is 10.5 Å². The standard InChI is InChI=1S/2ClH.H3OSi.O.V/c;;1-2;;/h2*1H;2H3;;/q;;-1;;+3/p-2. The molecule has 0 atom stereocenters. The number of hydrogen-bond acceptors (Lipinski definition) is 2. The summed E-state index contributed by atoms with van der Waals surface area (Å²) in [5.74, 6) is 0. The van der Waals surface area contributed by atoms with E-state index in [1.165, 1.54) is 0 Å². The molecule has 0 saturated heterocycles. The molecule has 0 N–H and O–H groups in total. The SMILES string of the molecule is [O]=[V]([Cl])([Cl])[O][SiH3]. The molecule has 0 radical (unpaired) electrons. The van der Waals surface area contributed by atoms with Gasteiger partial charge in [0.05, 0.1) is 0 Å². The molecule has 0 aromatic heterocycles. The quantitative estimate of drug-likeness (QED) is 0.537. The van der Waals surface area contributed by atoms with Gasteiger partial charge in [0.1, 0.15) is 0 Å². The molecule has 0 aliphatic rings. The van der Waals surface area contributed by atoms with Crippen molar-refractivity contribution in [2.75, 3.05) is 0 Å². The second kappa shape index (κ2) is 2.45. The molecule has 0 amide bonds. The fourth-order valence-electron chi connectivity index (χ4n) is 0. The van der Waals surface area contributed by atoms with Gasteiger partial charge in [-0.15, -0.1) is 0 Å². The van der Waals surface area contributed by atoms with E-state index in [0.29, 0.717) is 10.5 Å². The molecule has 2 nitrogen and oxygen atoms in total. The molecule has 6 heavy (non-hydrogen) atoms. The molecule has 0 aliphatic heterocycles. The molecule has 0 aliphatic carbocycles. The third-order valence-electron chi connectivity index (χ3n) is 0.213. The van der Waals surface area contributed by atoms with Crippen LogP contribution in [0.3, 0.4) is 0 Å². The van der Waals surface area contributed by atoms with Crippen LogP contribution in [0.4, 0.5) is 0 Å². The van der Waals surface area contributed by atoms with Crippen molar-refractivity contribution in [1.82, 2.24) is 0 Å². The summed E-state index contributed by atoms with van der Waals surface area (Å²) in [5, 5.41) is 0. The van der Waals surface area contributed by atoms with Crippen LogP contribution in [-0.2, 0) is 19.4 Å². The Labute approximate surface area is 49.7 Å². The van der Waals surface area contributed by atoms with Crippen molar-refractivity contribution in [1.29, 1.82) is 0 Å². The average molecular weight is 185 g/mol. The van der Waals surface area contributed by atoms with E-state index in [-0.39, 0.29) is 0 Å². The van der Waals surface area contributed by atoms with Crippen LogP contribution in [0, 0.1) is 0 Å².